The molecule has 1 aromatic carbocycles. The Morgan fingerprint density at radius 2 is 1.68 bits per heavy atom. The first-order valence-electron chi connectivity index (χ1n) is 11.0. The van der Waals surface area contributed by atoms with Crippen molar-refractivity contribution in [1.29, 1.82) is 0 Å². The average molecular weight is 522 g/mol. The van der Waals surface area contributed by atoms with Crippen molar-refractivity contribution < 1.29 is 17.9 Å². The number of rotatable bonds is 7. The summed E-state index contributed by atoms with van der Waals surface area (Å²) in [6.07, 6.45) is 0. The van der Waals surface area contributed by atoms with Gasteiger partial charge in [-0.3, -0.25) is 9.58 Å². The number of hydrogen-bond acceptors (Lipinski definition) is 6. The van der Waals surface area contributed by atoms with Crippen molar-refractivity contribution in [1.82, 2.24) is 19.4 Å². The van der Waals surface area contributed by atoms with E-state index in [1.807, 2.05) is 27.7 Å². The zero-order chi connectivity index (χ0) is 24.3. The normalized spacial score (nSPS) is 14.8. The number of morpholine rings is 1. The Bertz CT molecular complexity index is 1090. The SMILES string of the molecule is CC(C)c1cc(Cl)cc(C(C)C)c1NC(=O)NS(=O)(=O)c1cc(CN2CCOCC2)n(C)n1.[NaH]. The number of nitrogens with one attached hydrogen (secondary N) is 2. The maximum absolute atomic E-state index is 12.9. The molecule has 2 aromatic rings. The topological polar surface area (TPSA) is 106 Å². The van der Waals surface area contributed by atoms with E-state index in [4.69, 9.17) is 16.3 Å². The van der Waals surface area contributed by atoms with Crippen LogP contribution in [-0.4, -0.2) is 85.0 Å². The number of hydrogen-bond donors (Lipinski definition) is 2. The number of aryl methyl sites for hydroxylation is 1. The van der Waals surface area contributed by atoms with Gasteiger partial charge in [0.25, 0.3) is 10.0 Å². The zero-order valence-electron chi connectivity index (χ0n) is 19.7. The molecule has 1 aliphatic rings. The second-order valence-electron chi connectivity index (χ2n) is 8.81. The Labute approximate surface area is 228 Å². The summed E-state index contributed by atoms with van der Waals surface area (Å²) in [5.74, 6) is 0.151. The molecule has 3 rings (SSSR count). The van der Waals surface area contributed by atoms with Crippen LogP contribution < -0.4 is 10.0 Å². The Hall–Kier alpha value is -1.14. The van der Waals surface area contributed by atoms with E-state index < -0.39 is 16.1 Å². The van der Waals surface area contributed by atoms with Crippen molar-refractivity contribution in [2.24, 2.45) is 7.05 Å². The molecule has 2 heterocycles. The number of ether oxygens (including phenoxy) is 1. The molecule has 1 fully saturated rings. The number of nitrogens with zero attached hydrogens (tertiary/aromatic N) is 3. The van der Waals surface area contributed by atoms with E-state index in [-0.39, 0.29) is 46.4 Å². The summed E-state index contributed by atoms with van der Waals surface area (Å²) in [4.78, 5) is 14.9. The number of amides is 2. The molecule has 12 heteroatoms. The van der Waals surface area contributed by atoms with Crippen LogP contribution in [0.1, 0.15) is 56.4 Å². The van der Waals surface area contributed by atoms with Crippen molar-refractivity contribution in [3.05, 3.63) is 40.0 Å². The molecule has 0 atom stereocenters. The summed E-state index contributed by atoms with van der Waals surface area (Å²) in [7, 11) is -2.47. The van der Waals surface area contributed by atoms with Gasteiger partial charge in [0.2, 0.25) is 0 Å². The van der Waals surface area contributed by atoms with Gasteiger partial charge in [-0.15, -0.1) is 0 Å². The van der Waals surface area contributed by atoms with Crippen LogP contribution in [0.25, 0.3) is 0 Å². The maximum atomic E-state index is 12.9. The molecule has 2 N–H and O–H groups in total. The third kappa shape index (κ3) is 7.19. The van der Waals surface area contributed by atoms with Gasteiger partial charge in [0, 0.05) is 43.5 Å². The third-order valence-corrected chi connectivity index (χ3v) is 7.02. The summed E-state index contributed by atoms with van der Waals surface area (Å²) < 4.78 is 34.7. The molecule has 184 valence electrons. The van der Waals surface area contributed by atoms with E-state index in [2.05, 4.69) is 20.0 Å². The summed E-state index contributed by atoms with van der Waals surface area (Å²) in [5.41, 5.74) is 2.99. The molecule has 0 aliphatic carbocycles. The molecule has 2 amide bonds. The molecule has 0 bridgehead atoms. The third-order valence-electron chi connectivity index (χ3n) is 5.59. The van der Waals surface area contributed by atoms with Gasteiger partial charge in [0.05, 0.1) is 18.9 Å². The predicted molar refractivity (Wildman–Crippen MR) is 135 cm³/mol. The molecule has 9 nitrogen and oxygen atoms in total. The van der Waals surface area contributed by atoms with Gasteiger partial charge in [-0.25, -0.2) is 9.52 Å². The number of halogens is 1. The molecule has 0 spiro atoms. The van der Waals surface area contributed by atoms with Crippen LogP contribution >= 0.6 is 11.6 Å². The fraction of sp³-hybridized carbons (Fsp3) is 0.545. The van der Waals surface area contributed by atoms with Crippen LogP contribution in [0, 0.1) is 0 Å². The number of benzene rings is 1. The Morgan fingerprint density at radius 3 is 2.21 bits per heavy atom. The first-order valence-corrected chi connectivity index (χ1v) is 12.8. The van der Waals surface area contributed by atoms with E-state index in [0.29, 0.717) is 30.5 Å². The van der Waals surface area contributed by atoms with Gasteiger partial charge in [-0.05, 0) is 35.1 Å². The quantitative estimate of drug-likeness (QED) is 0.543. The van der Waals surface area contributed by atoms with E-state index in [9.17, 15) is 13.2 Å². The van der Waals surface area contributed by atoms with Crippen LogP contribution in [0.5, 0.6) is 0 Å². The molecule has 1 saturated heterocycles. The average Bonchev–Trinajstić information content (AvgIpc) is 3.10. The van der Waals surface area contributed by atoms with E-state index in [0.717, 1.165) is 29.9 Å². The van der Waals surface area contributed by atoms with Crippen molar-refractivity contribution in [2.45, 2.75) is 51.1 Å². The summed E-state index contributed by atoms with van der Waals surface area (Å²) in [6.45, 7) is 11.3. The van der Waals surface area contributed by atoms with E-state index in [1.54, 1.807) is 19.2 Å². The molecule has 1 aliphatic heterocycles. The van der Waals surface area contributed by atoms with Crippen LogP contribution in [0.3, 0.4) is 0 Å². The first-order chi connectivity index (χ1) is 15.5. The van der Waals surface area contributed by atoms with Crippen molar-refractivity contribution >= 4 is 62.9 Å². The zero-order valence-corrected chi connectivity index (χ0v) is 21.3. The summed E-state index contributed by atoms with van der Waals surface area (Å²) >= 11 is 6.27. The van der Waals surface area contributed by atoms with Gasteiger partial charge in [-0.1, -0.05) is 39.3 Å². The first kappa shape index (κ1) is 29.1. The fourth-order valence-corrected chi connectivity index (χ4v) is 4.92. The second-order valence-corrected chi connectivity index (χ2v) is 10.9. The molecule has 1 aromatic heterocycles. The van der Waals surface area contributed by atoms with Gasteiger partial charge in [0.1, 0.15) is 0 Å². The standard InChI is InChI=1S/C22H32ClN5O4S.Na.H/c1-14(2)18-10-16(23)11-19(15(3)4)21(18)24-22(29)26-33(30,31)20-12-17(27(5)25-20)13-28-6-8-32-9-7-28;;/h10-12,14-15H,6-9,13H2,1-5H3,(H2,24,26,29);;. The van der Waals surface area contributed by atoms with Gasteiger partial charge in [0.15, 0.2) is 5.03 Å². The van der Waals surface area contributed by atoms with Gasteiger partial charge < -0.3 is 10.1 Å². The fourth-order valence-electron chi connectivity index (χ4n) is 3.76. The van der Waals surface area contributed by atoms with E-state index >= 15 is 0 Å². The summed E-state index contributed by atoms with van der Waals surface area (Å²) in [5, 5.41) is 7.23. The van der Waals surface area contributed by atoms with Crippen LogP contribution in [0.4, 0.5) is 10.5 Å². The molecule has 0 saturated carbocycles. The van der Waals surface area contributed by atoms with Crippen molar-refractivity contribution in [2.75, 3.05) is 31.6 Å². The number of urea groups is 1. The molecular formula is C22H33ClN5NaO4S. The summed E-state index contributed by atoms with van der Waals surface area (Å²) in [6, 6.07) is 4.23. The minimum absolute atomic E-state index is 0. The number of carbonyl (C=O) groups is 1. The van der Waals surface area contributed by atoms with Crippen LogP contribution in [-0.2, 0) is 28.4 Å². The number of sulfonamides is 1. The number of aromatic nitrogens is 2. The van der Waals surface area contributed by atoms with Crippen molar-refractivity contribution in [3.63, 3.8) is 0 Å². The van der Waals surface area contributed by atoms with Crippen molar-refractivity contribution in [3.8, 4) is 0 Å². The van der Waals surface area contributed by atoms with Gasteiger partial charge >= 0.3 is 35.6 Å². The molecular weight excluding hydrogens is 489 g/mol. The minimum atomic E-state index is -4.16. The van der Waals surface area contributed by atoms with E-state index in [1.165, 1.54) is 10.7 Å². The Balaban J connectivity index is 0.00000408. The Kier molecular flexibility index (Phi) is 10.4. The number of carbonyl (C=O) groups excluding carboxylic acids is 1. The Morgan fingerprint density at radius 1 is 1.12 bits per heavy atom. The molecule has 34 heavy (non-hydrogen) atoms. The van der Waals surface area contributed by atoms with Crippen LogP contribution in [0.2, 0.25) is 5.02 Å². The number of anilines is 1. The predicted octanol–water partition coefficient (Wildman–Crippen LogP) is 3.01. The van der Waals surface area contributed by atoms with Gasteiger partial charge in [-0.2, -0.15) is 13.5 Å². The second kappa shape index (κ2) is 12.2. The monoisotopic (exact) mass is 521 g/mol. The molecule has 0 unspecified atom stereocenters. The molecule has 0 radical (unpaired) electrons. The van der Waals surface area contributed by atoms with Crippen LogP contribution in [0.15, 0.2) is 23.2 Å².